The summed E-state index contributed by atoms with van der Waals surface area (Å²) in [7, 11) is 3.73. The molecule has 0 bridgehead atoms. The molecule has 0 unspecified atom stereocenters. The van der Waals surface area contributed by atoms with Crippen molar-refractivity contribution in [3.63, 3.8) is 0 Å². The summed E-state index contributed by atoms with van der Waals surface area (Å²) in [6.07, 6.45) is -4.74. The van der Waals surface area contributed by atoms with Crippen LogP contribution < -0.4 is 9.64 Å². The molecule has 3 aromatic rings. The number of benzene rings is 2. The largest absolute Gasteiger partial charge is 0.573 e. The van der Waals surface area contributed by atoms with Gasteiger partial charge in [0, 0.05) is 19.2 Å². The zero-order valence-corrected chi connectivity index (χ0v) is 17.1. The van der Waals surface area contributed by atoms with Gasteiger partial charge in [-0.3, -0.25) is 9.69 Å². The van der Waals surface area contributed by atoms with Crippen molar-refractivity contribution < 1.29 is 27.1 Å². The van der Waals surface area contributed by atoms with Gasteiger partial charge in [0.1, 0.15) is 11.6 Å². The van der Waals surface area contributed by atoms with Gasteiger partial charge in [-0.1, -0.05) is 23.5 Å². The lowest BCUT2D eigenvalue weighted by Crippen LogP contribution is -2.37. The first kappa shape index (κ1) is 22.0. The van der Waals surface area contributed by atoms with E-state index in [1.54, 1.807) is 0 Å². The number of likely N-dealkylation sites (N-methyl/N-ethyl adjacent to an activating group) is 1. The minimum absolute atomic E-state index is 0.0477. The maximum Gasteiger partial charge on any atom is 0.573 e. The number of anilines is 1. The molecule has 0 N–H and O–H groups in total. The summed E-state index contributed by atoms with van der Waals surface area (Å²) in [5, 5.41) is 0.378. The van der Waals surface area contributed by atoms with Crippen LogP contribution in [0.3, 0.4) is 0 Å². The number of hydrogen-bond acceptors (Lipinski definition) is 5. The highest BCUT2D eigenvalue weighted by molar-refractivity contribution is 7.22. The average Bonchev–Trinajstić information content (AvgIpc) is 3.05. The Morgan fingerprint density at radius 1 is 1.10 bits per heavy atom. The molecule has 0 saturated carbocycles. The predicted molar refractivity (Wildman–Crippen MR) is 107 cm³/mol. The number of thiazole rings is 1. The molecule has 1 amide bonds. The van der Waals surface area contributed by atoms with Crippen molar-refractivity contribution in [2.24, 2.45) is 0 Å². The van der Waals surface area contributed by atoms with Crippen LogP contribution in [0.2, 0.25) is 0 Å². The van der Waals surface area contributed by atoms with E-state index in [-0.39, 0.29) is 18.1 Å². The van der Waals surface area contributed by atoms with Crippen LogP contribution in [0.25, 0.3) is 10.2 Å². The first-order valence-corrected chi connectivity index (χ1v) is 9.78. The molecule has 1 aromatic heterocycles. The summed E-state index contributed by atoms with van der Waals surface area (Å²) in [6.45, 7) is 0.909. The summed E-state index contributed by atoms with van der Waals surface area (Å²) in [6, 6.07) is 9.50. The van der Waals surface area contributed by atoms with Crippen LogP contribution in [-0.4, -0.2) is 49.3 Å². The van der Waals surface area contributed by atoms with Crippen molar-refractivity contribution in [2.45, 2.75) is 12.8 Å². The molecule has 10 heteroatoms. The molecule has 1 heterocycles. The first-order valence-electron chi connectivity index (χ1n) is 8.96. The summed E-state index contributed by atoms with van der Waals surface area (Å²) in [5.41, 5.74) is 1.12. The number of rotatable bonds is 7. The van der Waals surface area contributed by atoms with E-state index in [4.69, 9.17) is 0 Å². The Labute approximate surface area is 174 Å². The normalized spacial score (nSPS) is 11.8. The third-order valence-electron chi connectivity index (χ3n) is 4.15. The quantitative estimate of drug-likeness (QED) is 0.508. The third kappa shape index (κ3) is 5.90. The van der Waals surface area contributed by atoms with Gasteiger partial charge in [0.05, 0.1) is 16.6 Å². The highest BCUT2D eigenvalue weighted by Crippen LogP contribution is 2.33. The van der Waals surface area contributed by atoms with Gasteiger partial charge in [-0.15, -0.1) is 13.2 Å². The molecular weight excluding hydrogens is 422 g/mol. The lowest BCUT2D eigenvalue weighted by Gasteiger charge is -2.22. The molecule has 2 aromatic carbocycles. The van der Waals surface area contributed by atoms with Crippen molar-refractivity contribution in [2.75, 3.05) is 32.1 Å². The van der Waals surface area contributed by atoms with Crippen LogP contribution in [0.1, 0.15) is 5.56 Å². The summed E-state index contributed by atoms with van der Waals surface area (Å²) < 4.78 is 55.0. The van der Waals surface area contributed by atoms with Gasteiger partial charge in [0.15, 0.2) is 5.13 Å². The second-order valence-electron chi connectivity index (χ2n) is 6.83. The van der Waals surface area contributed by atoms with Gasteiger partial charge >= 0.3 is 6.36 Å². The fraction of sp³-hybridized carbons (Fsp3) is 0.300. The molecule has 0 saturated heterocycles. The van der Waals surface area contributed by atoms with Crippen molar-refractivity contribution in [3.8, 4) is 5.75 Å². The second-order valence-corrected chi connectivity index (χ2v) is 7.83. The number of carbonyl (C=O) groups is 1. The maximum absolute atomic E-state index is 13.1. The number of halogens is 4. The Balaban J connectivity index is 1.87. The number of aromatic nitrogens is 1. The molecule has 160 valence electrons. The zero-order valence-electron chi connectivity index (χ0n) is 16.2. The van der Waals surface area contributed by atoms with Gasteiger partial charge in [-0.05, 0) is 43.9 Å². The average molecular weight is 441 g/mol. The fourth-order valence-corrected chi connectivity index (χ4v) is 3.74. The number of amides is 1. The third-order valence-corrected chi connectivity index (χ3v) is 5.19. The molecule has 0 aliphatic heterocycles. The minimum Gasteiger partial charge on any atom is -0.406 e. The number of alkyl halides is 3. The van der Waals surface area contributed by atoms with E-state index < -0.39 is 12.2 Å². The second kappa shape index (κ2) is 8.97. The lowest BCUT2D eigenvalue weighted by molar-refractivity contribution is -0.274. The molecular formula is C20H19F4N3O2S. The van der Waals surface area contributed by atoms with Gasteiger partial charge in [-0.2, -0.15) is 0 Å². The number of hydrogen-bond donors (Lipinski definition) is 0. The van der Waals surface area contributed by atoms with Gasteiger partial charge < -0.3 is 9.64 Å². The highest BCUT2D eigenvalue weighted by Gasteiger charge is 2.31. The lowest BCUT2D eigenvalue weighted by atomic mass is 10.1. The summed E-state index contributed by atoms with van der Waals surface area (Å²) in [4.78, 5) is 20.8. The van der Waals surface area contributed by atoms with Crippen LogP contribution in [0.5, 0.6) is 5.75 Å². The molecule has 0 fully saturated rings. The van der Waals surface area contributed by atoms with Crippen LogP contribution in [0, 0.1) is 5.82 Å². The van der Waals surface area contributed by atoms with E-state index in [9.17, 15) is 22.4 Å². The Hall–Kier alpha value is -2.72. The Bertz CT molecular complexity index is 1020. The Kier molecular flexibility index (Phi) is 6.57. The van der Waals surface area contributed by atoms with E-state index >= 15 is 0 Å². The van der Waals surface area contributed by atoms with E-state index in [0.717, 1.165) is 11.3 Å². The van der Waals surface area contributed by atoms with Crippen LogP contribution in [0.15, 0.2) is 42.5 Å². The number of fused-ring (bicyclic) bond motifs is 1. The number of ether oxygens (including phenoxy) is 1. The smallest absolute Gasteiger partial charge is 0.406 e. The molecule has 0 spiro atoms. The number of nitrogens with zero attached hydrogens (tertiary/aromatic N) is 3. The zero-order chi connectivity index (χ0) is 21.9. The van der Waals surface area contributed by atoms with Crippen molar-refractivity contribution in [1.82, 2.24) is 9.88 Å². The number of carbonyl (C=O) groups excluding carboxylic acids is 1. The van der Waals surface area contributed by atoms with Gasteiger partial charge in [0.2, 0.25) is 5.91 Å². The monoisotopic (exact) mass is 441 g/mol. The standard InChI is InChI=1S/C20H19F4N3O2S/c1-26(2)9-10-27(18(28)11-13-3-5-14(21)6-4-13)19-25-16-8-7-15(12-17(16)30-19)29-20(22,23)24/h3-8,12H,9-11H2,1-2H3. The van der Waals surface area contributed by atoms with Crippen molar-refractivity contribution in [3.05, 3.63) is 53.8 Å². The molecule has 0 aliphatic carbocycles. The van der Waals surface area contributed by atoms with E-state index in [1.807, 2.05) is 19.0 Å². The summed E-state index contributed by atoms with van der Waals surface area (Å²) in [5.74, 6) is -0.976. The minimum atomic E-state index is -4.79. The fourth-order valence-electron chi connectivity index (χ4n) is 2.70. The Morgan fingerprint density at radius 2 is 1.80 bits per heavy atom. The van der Waals surface area contributed by atoms with Gasteiger partial charge in [0.25, 0.3) is 0 Å². The highest BCUT2D eigenvalue weighted by atomic mass is 32.1. The van der Waals surface area contributed by atoms with Crippen LogP contribution >= 0.6 is 11.3 Å². The molecule has 0 aliphatic rings. The topological polar surface area (TPSA) is 45.7 Å². The molecule has 3 rings (SSSR count). The molecule has 30 heavy (non-hydrogen) atoms. The van der Waals surface area contributed by atoms with E-state index in [0.29, 0.717) is 34.0 Å². The summed E-state index contributed by atoms with van der Waals surface area (Å²) >= 11 is 1.11. The first-order chi connectivity index (χ1) is 14.1. The molecule has 5 nitrogen and oxygen atoms in total. The van der Waals surface area contributed by atoms with Crippen molar-refractivity contribution >= 4 is 32.6 Å². The SMILES string of the molecule is CN(C)CCN(C(=O)Cc1ccc(F)cc1)c1nc2ccc(OC(F)(F)F)cc2s1. The van der Waals surface area contributed by atoms with E-state index in [1.165, 1.54) is 47.4 Å². The molecule has 0 radical (unpaired) electrons. The van der Waals surface area contributed by atoms with Gasteiger partial charge in [-0.25, -0.2) is 9.37 Å². The maximum atomic E-state index is 13.1. The van der Waals surface area contributed by atoms with Crippen LogP contribution in [0.4, 0.5) is 22.7 Å². The van der Waals surface area contributed by atoms with Crippen LogP contribution in [-0.2, 0) is 11.2 Å². The molecule has 0 atom stereocenters. The van der Waals surface area contributed by atoms with E-state index in [2.05, 4.69) is 9.72 Å². The van der Waals surface area contributed by atoms with Crippen molar-refractivity contribution in [1.29, 1.82) is 0 Å². The predicted octanol–water partition coefficient (Wildman–Crippen LogP) is 4.47. The Morgan fingerprint density at radius 3 is 2.43 bits per heavy atom.